The monoisotopic (exact) mass is 450 g/mol. The lowest BCUT2D eigenvalue weighted by Gasteiger charge is -2.26. The number of nitrogens with one attached hydrogen (secondary N) is 1. The maximum atomic E-state index is 12.8. The Morgan fingerprint density at radius 1 is 1.06 bits per heavy atom. The second-order valence-corrected chi connectivity index (χ2v) is 8.49. The van der Waals surface area contributed by atoms with Crippen molar-refractivity contribution < 1.29 is 19.0 Å². The van der Waals surface area contributed by atoms with E-state index in [0.717, 1.165) is 27.0 Å². The number of para-hydroxylation sites is 1. The Labute approximate surface area is 188 Å². The molecule has 32 heavy (non-hydrogen) atoms. The molecule has 2 aromatic heterocycles. The highest BCUT2D eigenvalue weighted by molar-refractivity contribution is 7.20. The van der Waals surface area contributed by atoms with Gasteiger partial charge >= 0.3 is 0 Å². The summed E-state index contributed by atoms with van der Waals surface area (Å²) in [6.45, 7) is 1.94. The predicted molar refractivity (Wildman–Crippen MR) is 123 cm³/mol. The number of anilines is 1. The highest BCUT2D eigenvalue weighted by Crippen LogP contribution is 2.46. The van der Waals surface area contributed by atoms with Gasteiger partial charge in [-0.25, -0.2) is 4.98 Å². The number of carbonyl (C=O) groups excluding carboxylic acids is 1. The molecule has 1 atom stereocenters. The average molecular weight is 451 g/mol. The summed E-state index contributed by atoms with van der Waals surface area (Å²) < 4.78 is 19.4. The molecule has 3 heterocycles. The molecular weight excluding hydrogens is 428 g/mol. The van der Waals surface area contributed by atoms with Crippen molar-refractivity contribution in [2.75, 3.05) is 26.6 Å². The molecule has 0 bridgehead atoms. The molecule has 1 amide bonds. The standard InChI is InChI=1S/C23H22N4O4S/c1-12-21-14(13-9-17(30-3)18(31-4)11-16(13)29-2)10-20(28)25-22(21)27(26-12)23-24-15-7-5-6-8-19(15)32-23/h5-9,11,14H,10H2,1-4H3,(H,25,28)/t14-/m1/s1. The number of aryl methyl sites for hydroxylation is 1. The van der Waals surface area contributed by atoms with Gasteiger partial charge < -0.3 is 19.5 Å². The molecule has 1 aliphatic rings. The largest absolute Gasteiger partial charge is 0.496 e. The summed E-state index contributed by atoms with van der Waals surface area (Å²) in [5.74, 6) is 2.06. The molecule has 0 spiro atoms. The number of carbonyl (C=O) groups is 1. The summed E-state index contributed by atoms with van der Waals surface area (Å²) in [7, 11) is 4.77. The normalized spacial score (nSPS) is 15.4. The molecule has 0 saturated carbocycles. The molecule has 0 fully saturated rings. The van der Waals surface area contributed by atoms with Crippen molar-refractivity contribution in [3.8, 4) is 22.4 Å². The van der Waals surface area contributed by atoms with Gasteiger partial charge in [0.2, 0.25) is 11.0 Å². The third kappa shape index (κ3) is 3.16. The minimum atomic E-state index is -0.253. The molecule has 5 rings (SSSR count). The molecule has 0 radical (unpaired) electrons. The van der Waals surface area contributed by atoms with Crippen molar-refractivity contribution in [2.24, 2.45) is 0 Å². The zero-order chi connectivity index (χ0) is 22.4. The van der Waals surface area contributed by atoms with Gasteiger partial charge in [0.15, 0.2) is 11.5 Å². The summed E-state index contributed by atoms with van der Waals surface area (Å²) in [5.41, 5.74) is 3.50. The number of nitrogens with zero attached hydrogens (tertiary/aromatic N) is 3. The number of rotatable bonds is 5. The van der Waals surface area contributed by atoms with E-state index < -0.39 is 0 Å². The molecule has 0 saturated heterocycles. The molecule has 1 aliphatic heterocycles. The van der Waals surface area contributed by atoms with Crippen LogP contribution in [0.3, 0.4) is 0 Å². The van der Waals surface area contributed by atoms with Crippen LogP contribution < -0.4 is 19.5 Å². The first kappa shape index (κ1) is 20.3. The van der Waals surface area contributed by atoms with E-state index in [-0.39, 0.29) is 18.2 Å². The zero-order valence-electron chi connectivity index (χ0n) is 18.1. The van der Waals surface area contributed by atoms with Crippen molar-refractivity contribution in [1.29, 1.82) is 0 Å². The lowest BCUT2D eigenvalue weighted by Crippen LogP contribution is -2.25. The Balaban J connectivity index is 1.69. The molecule has 0 unspecified atom stereocenters. The van der Waals surface area contributed by atoms with Crippen LogP contribution in [0.4, 0.5) is 5.82 Å². The van der Waals surface area contributed by atoms with Crippen molar-refractivity contribution in [1.82, 2.24) is 14.8 Å². The summed E-state index contributed by atoms with van der Waals surface area (Å²) in [4.78, 5) is 17.5. The second kappa shape index (κ2) is 7.83. The van der Waals surface area contributed by atoms with Gasteiger partial charge in [0.25, 0.3) is 0 Å². The van der Waals surface area contributed by atoms with Crippen molar-refractivity contribution in [3.05, 3.63) is 53.2 Å². The van der Waals surface area contributed by atoms with Crippen LogP contribution in [-0.4, -0.2) is 42.0 Å². The average Bonchev–Trinajstić information content (AvgIpc) is 3.38. The molecular formula is C23H22N4O4S. The Morgan fingerprint density at radius 3 is 2.50 bits per heavy atom. The van der Waals surface area contributed by atoms with Gasteiger partial charge in [0.1, 0.15) is 11.6 Å². The summed E-state index contributed by atoms with van der Waals surface area (Å²) in [5, 5.41) is 8.47. The van der Waals surface area contributed by atoms with E-state index in [4.69, 9.17) is 24.3 Å². The number of aromatic nitrogens is 3. The van der Waals surface area contributed by atoms with Crippen LogP contribution in [0, 0.1) is 6.92 Å². The van der Waals surface area contributed by atoms with Gasteiger partial charge in [-0.15, -0.1) is 0 Å². The quantitative estimate of drug-likeness (QED) is 0.488. The lowest BCUT2D eigenvalue weighted by molar-refractivity contribution is -0.116. The Hall–Kier alpha value is -3.59. The molecule has 4 aromatic rings. The topological polar surface area (TPSA) is 87.5 Å². The third-order valence-corrected chi connectivity index (χ3v) is 6.69. The fourth-order valence-corrected chi connectivity index (χ4v) is 5.15. The molecule has 0 aliphatic carbocycles. The summed E-state index contributed by atoms with van der Waals surface area (Å²) >= 11 is 1.53. The fourth-order valence-electron chi connectivity index (χ4n) is 4.23. The number of benzene rings is 2. The van der Waals surface area contributed by atoms with Crippen LogP contribution >= 0.6 is 11.3 Å². The summed E-state index contributed by atoms with van der Waals surface area (Å²) in [6.07, 6.45) is 0.269. The first-order chi connectivity index (χ1) is 15.5. The molecule has 9 heteroatoms. The number of amides is 1. The number of ether oxygens (including phenoxy) is 3. The van der Waals surface area contributed by atoms with E-state index in [1.807, 2.05) is 37.3 Å². The van der Waals surface area contributed by atoms with Crippen LogP contribution in [-0.2, 0) is 4.79 Å². The van der Waals surface area contributed by atoms with Crippen LogP contribution in [0.5, 0.6) is 17.2 Å². The van der Waals surface area contributed by atoms with Crippen molar-refractivity contribution in [2.45, 2.75) is 19.3 Å². The van der Waals surface area contributed by atoms with E-state index in [9.17, 15) is 4.79 Å². The maximum Gasteiger partial charge on any atom is 0.226 e. The van der Waals surface area contributed by atoms with Crippen LogP contribution in [0.1, 0.15) is 29.2 Å². The zero-order valence-corrected chi connectivity index (χ0v) is 18.9. The maximum absolute atomic E-state index is 12.8. The summed E-state index contributed by atoms with van der Waals surface area (Å²) in [6, 6.07) is 11.6. The first-order valence-electron chi connectivity index (χ1n) is 10.1. The molecule has 8 nitrogen and oxygen atoms in total. The Kier molecular flexibility index (Phi) is 4.97. The Morgan fingerprint density at radius 2 is 1.78 bits per heavy atom. The molecule has 164 valence electrons. The highest BCUT2D eigenvalue weighted by atomic mass is 32.1. The van der Waals surface area contributed by atoms with Gasteiger partial charge in [-0.2, -0.15) is 9.78 Å². The second-order valence-electron chi connectivity index (χ2n) is 7.48. The van der Waals surface area contributed by atoms with Crippen LogP contribution in [0.25, 0.3) is 15.3 Å². The van der Waals surface area contributed by atoms with Crippen LogP contribution in [0.15, 0.2) is 36.4 Å². The van der Waals surface area contributed by atoms with Gasteiger partial charge in [-0.05, 0) is 25.1 Å². The minimum Gasteiger partial charge on any atom is -0.496 e. The van der Waals surface area contributed by atoms with E-state index >= 15 is 0 Å². The van der Waals surface area contributed by atoms with Gasteiger partial charge in [-0.3, -0.25) is 4.79 Å². The smallest absolute Gasteiger partial charge is 0.226 e. The van der Waals surface area contributed by atoms with E-state index in [2.05, 4.69) is 5.32 Å². The van der Waals surface area contributed by atoms with E-state index in [1.165, 1.54) is 11.3 Å². The van der Waals surface area contributed by atoms with Crippen LogP contribution in [0.2, 0.25) is 0 Å². The number of hydrogen-bond acceptors (Lipinski definition) is 7. The van der Waals surface area contributed by atoms with E-state index in [1.54, 1.807) is 32.1 Å². The number of fused-ring (bicyclic) bond motifs is 2. The van der Waals surface area contributed by atoms with Gasteiger partial charge in [0.05, 0.1) is 37.2 Å². The highest BCUT2D eigenvalue weighted by Gasteiger charge is 2.35. The van der Waals surface area contributed by atoms with E-state index in [0.29, 0.717) is 28.2 Å². The minimum absolute atomic E-state index is 0.0957. The van der Waals surface area contributed by atoms with Gasteiger partial charge in [0, 0.05) is 29.5 Å². The number of methoxy groups -OCH3 is 3. The predicted octanol–water partition coefficient (Wildman–Crippen LogP) is 4.29. The van der Waals surface area contributed by atoms with Crippen molar-refractivity contribution >= 4 is 33.3 Å². The first-order valence-corrected chi connectivity index (χ1v) is 10.9. The lowest BCUT2D eigenvalue weighted by atomic mass is 9.85. The fraction of sp³-hybridized carbons (Fsp3) is 0.261. The number of thiazole rings is 1. The number of hydrogen-bond donors (Lipinski definition) is 1. The van der Waals surface area contributed by atoms with Gasteiger partial charge in [-0.1, -0.05) is 23.5 Å². The SMILES string of the molecule is COc1cc(OC)c([C@H]2CC(=O)Nc3c2c(C)nn3-c2nc3ccccc3s2)cc1OC. The molecule has 1 N–H and O–H groups in total. The third-order valence-electron chi connectivity index (χ3n) is 5.68. The Bertz CT molecular complexity index is 1310. The molecule has 2 aromatic carbocycles. The van der Waals surface area contributed by atoms with Crippen molar-refractivity contribution in [3.63, 3.8) is 0 Å².